The third-order valence-electron chi connectivity index (χ3n) is 7.97. The van der Waals surface area contributed by atoms with Crippen molar-refractivity contribution in [3.05, 3.63) is 58.9 Å². The second-order valence-corrected chi connectivity index (χ2v) is 12.0. The Morgan fingerprint density at radius 3 is 2.30 bits per heavy atom. The Hall–Kier alpha value is -2.98. The number of halogens is 4. The van der Waals surface area contributed by atoms with Gasteiger partial charge in [0, 0.05) is 30.1 Å². The van der Waals surface area contributed by atoms with E-state index in [-0.39, 0.29) is 16.9 Å². The molecule has 2 aromatic carbocycles. The van der Waals surface area contributed by atoms with Crippen LogP contribution < -0.4 is 4.48 Å². The van der Waals surface area contributed by atoms with Crippen molar-refractivity contribution in [1.82, 2.24) is 9.38 Å². The van der Waals surface area contributed by atoms with Crippen LogP contribution in [0.3, 0.4) is 0 Å². The normalized spacial score (nSPS) is 21.3. The van der Waals surface area contributed by atoms with Crippen molar-refractivity contribution in [2.75, 3.05) is 33.3 Å². The Morgan fingerprint density at radius 1 is 1.12 bits per heavy atom. The lowest BCUT2D eigenvalue weighted by atomic mass is 9.73. The lowest BCUT2D eigenvalue weighted by Gasteiger charge is -2.42. The molecule has 2 aliphatic heterocycles. The fraction of sp³-hybridized carbons (Fsp3) is 0.533. The second-order valence-electron chi connectivity index (χ2n) is 12.0. The average Bonchev–Trinajstić information content (AvgIpc) is 3.23. The number of nitrogens with zero attached hydrogens (tertiary/aromatic N) is 3. The molecule has 0 N–H and O–H groups in total. The van der Waals surface area contributed by atoms with Gasteiger partial charge in [-0.15, -0.1) is 0 Å². The van der Waals surface area contributed by atoms with Crippen LogP contribution in [0.5, 0.6) is 0 Å². The summed E-state index contributed by atoms with van der Waals surface area (Å²) in [6.45, 7) is 10.6. The quantitative estimate of drug-likeness (QED) is 0.269. The summed E-state index contributed by atoms with van der Waals surface area (Å²) in [6.07, 6.45) is -2.91. The lowest BCUT2D eigenvalue weighted by Crippen LogP contribution is -2.48. The van der Waals surface area contributed by atoms with Gasteiger partial charge in [-0.3, -0.25) is 0 Å². The third kappa shape index (κ3) is 6.17. The molecular weight excluding hydrogens is 526 g/mol. The number of fused-ring (bicyclic) bond motifs is 1. The molecule has 2 unspecified atom stereocenters. The topological polar surface area (TPSA) is 51.1 Å². The molecule has 218 valence electrons. The summed E-state index contributed by atoms with van der Waals surface area (Å²) in [5.41, 5.74) is 0.287. The molecule has 0 aliphatic carbocycles. The van der Waals surface area contributed by atoms with E-state index in [1.807, 2.05) is 34.7 Å². The number of carbonyl (C=O) groups is 1. The number of likely N-dealkylation sites (tertiary alicyclic amines) is 1. The van der Waals surface area contributed by atoms with Crippen molar-refractivity contribution >= 4 is 23.8 Å². The van der Waals surface area contributed by atoms with Gasteiger partial charge in [-0.25, -0.2) is 13.7 Å². The van der Waals surface area contributed by atoms with Crippen molar-refractivity contribution in [2.24, 2.45) is 4.99 Å². The van der Waals surface area contributed by atoms with E-state index in [0.717, 1.165) is 11.6 Å². The number of amides is 1. The molecule has 4 rings (SSSR count). The van der Waals surface area contributed by atoms with Gasteiger partial charge in [0.25, 0.3) is 0 Å². The van der Waals surface area contributed by atoms with Crippen LogP contribution in [0, 0.1) is 5.82 Å². The Morgan fingerprint density at radius 2 is 1.75 bits per heavy atom. The van der Waals surface area contributed by atoms with E-state index in [0.29, 0.717) is 49.4 Å². The SMILES string of the molecule is CC[N+]1(C)C=Nc2c(C(C)OCC3(c4ccc(F)cc4)CCN(C(=O)OC(C)(C)C)CC3)cc(C(F)(F)F)cc21. The molecular formula is C30H38F4N3O3+. The van der Waals surface area contributed by atoms with Gasteiger partial charge in [0.05, 0.1) is 31.9 Å². The van der Waals surface area contributed by atoms with Crippen LogP contribution in [-0.4, -0.2) is 56.2 Å². The van der Waals surface area contributed by atoms with Crippen LogP contribution in [0.25, 0.3) is 0 Å². The van der Waals surface area contributed by atoms with E-state index in [1.54, 1.807) is 30.3 Å². The van der Waals surface area contributed by atoms with Crippen molar-refractivity contribution in [3.63, 3.8) is 0 Å². The molecule has 1 amide bonds. The summed E-state index contributed by atoms with van der Waals surface area (Å²) in [4.78, 5) is 18.8. The fourth-order valence-electron chi connectivity index (χ4n) is 5.28. The Balaban J connectivity index is 1.61. The van der Waals surface area contributed by atoms with Gasteiger partial charge >= 0.3 is 12.3 Å². The summed E-state index contributed by atoms with van der Waals surface area (Å²) in [5.74, 6) is -0.367. The highest BCUT2D eigenvalue weighted by Crippen LogP contribution is 2.47. The van der Waals surface area contributed by atoms with Crippen LogP contribution in [0.2, 0.25) is 0 Å². The minimum Gasteiger partial charge on any atom is -0.444 e. The van der Waals surface area contributed by atoms with E-state index in [2.05, 4.69) is 4.99 Å². The van der Waals surface area contributed by atoms with Gasteiger partial charge in [-0.05, 0) is 71.2 Å². The number of rotatable bonds is 6. The number of benzene rings is 2. The van der Waals surface area contributed by atoms with Gasteiger partial charge in [-0.1, -0.05) is 12.1 Å². The van der Waals surface area contributed by atoms with Crippen LogP contribution >= 0.6 is 0 Å². The molecule has 2 heterocycles. The second kappa shape index (κ2) is 10.8. The smallest absolute Gasteiger partial charge is 0.416 e. The summed E-state index contributed by atoms with van der Waals surface area (Å²) in [7, 11) is 1.83. The molecule has 0 saturated carbocycles. The number of piperidine rings is 1. The van der Waals surface area contributed by atoms with Crippen LogP contribution in [0.4, 0.5) is 33.7 Å². The largest absolute Gasteiger partial charge is 0.444 e. The highest BCUT2D eigenvalue weighted by molar-refractivity contribution is 5.90. The maximum Gasteiger partial charge on any atom is 0.416 e. The molecule has 1 fully saturated rings. The highest BCUT2D eigenvalue weighted by Gasteiger charge is 2.42. The average molecular weight is 565 g/mol. The Bertz CT molecular complexity index is 1260. The zero-order chi connectivity index (χ0) is 29.5. The van der Waals surface area contributed by atoms with Crippen LogP contribution in [-0.2, 0) is 21.1 Å². The molecule has 0 radical (unpaired) electrons. The molecule has 1 saturated heterocycles. The first kappa shape index (κ1) is 30.0. The zero-order valence-electron chi connectivity index (χ0n) is 23.9. The van der Waals surface area contributed by atoms with Crippen LogP contribution in [0.15, 0.2) is 41.4 Å². The summed E-state index contributed by atoms with van der Waals surface area (Å²) in [6, 6.07) is 8.50. The molecule has 6 nitrogen and oxygen atoms in total. The molecule has 0 aromatic heterocycles. The van der Waals surface area contributed by atoms with Crippen LogP contribution in [0.1, 0.15) is 70.3 Å². The minimum atomic E-state index is -4.52. The lowest BCUT2D eigenvalue weighted by molar-refractivity contribution is -0.137. The first-order valence-electron chi connectivity index (χ1n) is 13.6. The van der Waals surface area contributed by atoms with E-state index in [4.69, 9.17) is 9.47 Å². The number of hydrogen-bond donors (Lipinski definition) is 0. The minimum absolute atomic E-state index is 0.166. The van der Waals surface area contributed by atoms with Gasteiger partial charge in [0.15, 0.2) is 12.0 Å². The van der Waals surface area contributed by atoms with Crippen molar-refractivity contribution in [1.29, 1.82) is 0 Å². The summed E-state index contributed by atoms with van der Waals surface area (Å²) >= 11 is 0. The standard InChI is InChI=1S/C30H38F4N3O3/c1-7-37(6)19-35-26-24(16-22(17-25(26)37)30(32,33)34)20(2)39-18-29(21-8-10-23(31)11-9-21)12-14-36(15-13-29)27(38)40-28(3,4)5/h8-11,16-17,19-20H,7,12-15,18H2,1-6H3/q+1. The number of quaternary nitrogens is 1. The van der Waals surface area contributed by atoms with E-state index in [1.165, 1.54) is 18.2 Å². The molecule has 2 atom stereocenters. The summed E-state index contributed by atoms with van der Waals surface area (Å²) < 4.78 is 67.5. The third-order valence-corrected chi connectivity index (χ3v) is 7.97. The van der Waals surface area contributed by atoms with Crippen molar-refractivity contribution < 1.29 is 31.8 Å². The van der Waals surface area contributed by atoms with Gasteiger partial charge in [-0.2, -0.15) is 18.2 Å². The Labute approximate surface area is 233 Å². The first-order valence-corrected chi connectivity index (χ1v) is 13.6. The molecule has 2 aromatic rings. The number of carbonyl (C=O) groups excluding carboxylic acids is 1. The monoisotopic (exact) mass is 564 g/mol. The predicted molar refractivity (Wildman–Crippen MR) is 147 cm³/mol. The molecule has 10 heteroatoms. The van der Waals surface area contributed by atoms with Gasteiger partial charge in [0.2, 0.25) is 0 Å². The predicted octanol–water partition coefficient (Wildman–Crippen LogP) is 7.52. The zero-order valence-corrected chi connectivity index (χ0v) is 23.9. The number of hydrogen-bond acceptors (Lipinski definition) is 4. The Kier molecular flexibility index (Phi) is 8.08. The maximum atomic E-state index is 13.9. The van der Waals surface area contributed by atoms with E-state index in [9.17, 15) is 22.4 Å². The fourth-order valence-corrected chi connectivity index (χ4v) is 5.28. The molecule has 40 heavy (non-hydrogen) atoms. The van der Waals surface area contributed by atoms with E-state index >= 15 is 0 Å². The highest BCUT2D eigenvalue weighted by atomic mass is 19.4. The molecule has 0 spiro atoms. The van der Waals surface area contributed by atoms with Gasteiger partial charge in [0.1, 0.15) is 17.1 Å². The molecule has 0 bridgehead atoms. The summed E-state index contributed by atoms with van der Waals surface area (Å²) in [5, 5.41) is 0. The van der Waals surface area contributed by atoms with Crippen molar-refractivity contribution in [3.8, 4) is 0 Å². The van der Waals surface area contributed by atoms with Crippen molar-refractivity contribution in [2.45, 2.75) is 70.8 Å². The van der Waals surface area contributed by atoms with E-state index < -0.39 is 35.0 Å². The number of ether oxygens (including phenoxy) is 2. The molecule has 2 aliphatic rings. The maximum absolute atomic E-state index is 13.9. The number of aliphatic imine (C=N–C) groups is 1. The first-order chi connectivity index (χ1) is 18.6. The van der Waals surface area contributed by atoms with Gasteiger partial charge < -0.3 is 14.4 Å². The number of alkyl halides is 3.